The quantitative estimate of drug-likeness (QED) is 0.718. The van der Waals surface area contributed by atoms with E-state index in [1.807, 2.05) is 0 Å². The van der Waals surface area contributed by atoms with Gasteiger partial charge in [-0.2, -0.15) is 13.2 Å². The summed E-state index contributed by atoms with van der Waals surface area (Å²) < 4.78 is 40.7. The molecule has 1 rings (SSSR count). The van der Waals surface area contributed by atoms with Gasteiger partial charge in [-0.25, -0.2) is 0 Å². The molecule has 1 unspecified atom stereocenters. The predicted octanol–water partition coefficient (Wildman–Crippen LogP) is -0.498. The molecule has 1 atom stereocenters. The van der Waals surface area contributed by atoms with Gasteiger partial charge in [-0.05, 0) is 6.92 Å². The van der Waals surface area contributed by atoms with E-state index in [0.29, 0.717) is 26.3 Å². The van der Waals surface area contributed by atoms with Gasteiger partial charge in [0.25, 0.3) is 0 Å². The highest BCUT2D eigenvalue weighted by molar-refractivity contribution is 5.83. The van der Waals surface area contributed by atoms with E-state index in [0.717, 1.165) is 0 Å². The molecule has 116 valence electrons. The summed E-state index contributed by atoms with van der Waals surface area (Å²) in [6.45, 7) is 1.73. The van der Waals surface area contributed by atoms with Crippen LogP contribution in [-0.4, -0.2) is 68.3 Å². The van der Waals surface area contributed by atoms with Crippen molar-refractivity contribution in [1.82, 2.24) is 15.5 Å². The monoisotopic (exact) mass is 297 g/mol. The normalized spacial score (nSPS) is 17.7. The summed E-state index contributed by atoms with van der Waals surface area (Å²) in [4.78, 5) is 24.7. The van der Waals surface area contributed by atoms with E-state index in [-0.39, 0.29) is 12.5 Å². The molecule has 0 bridgehead atoms. The van der Waals surface area contributed by atoms with Gasteiger partial charge in [0.1, 0.15) is 6.54 Å². The molecule has 9 heteroatoms. The van der Waals surface area contributed by atoms with Crippen LogP contribution in [0.1, 0.15) is 6.92 Å². The van der Waals surface area contributed by atoms with Crippen LogP contribution in [0, 0.1) is 0 Å². The molecular weight excluding hydrogens is 279 g/mol. The van der Waals surface area contributed by atoms with E-state index in [2.05, 4.69) is 5.32 Å². The molecule has 0 aromatic carbocycles. The van der Waals surface area contributed by atoms with E-state index in [9.17, 15) is 22.8 Å². The lowest BCUT2D eigenvalue weighted by Gasteiger charge is -2.29. The van der Waals surface area contributed by atoms with Gasteiger partial charge in [-0.15, -0.1) is 0 Å². The summed E-state index contributed by atoms with van der Waals surface area (Å²) in [7, 11) is 0. The van der Waals surface area contributed by atoms with E-state index in [1.54, 1.807) is 17.1 Å². The molecule has 0 aliphatic carbocycles. The van der Waals surface area contributed by atoms with Gasteiger partial charge in [0.15, 0.2) is 0 Å². The van der Waals surface area contributed by atoms with Crippen LogP contribution in [0.25, 0.3) is 0 Å². The molecule has 20 heavy (non-hydrogen) atoms. The predicted molar refractivity (Wildman–Crippen MR) is 63.9 cm³/mol. The fourth-order valence-corrected chi connectivity index (χ4v) is 1.65. The zero-order chi connectivity index (χ0) is 15.2. The van der Waals surface area contributed by atoms with Crippen LogP contribution in [0.3, 0.4) is 0 Å². The average Bonchev–Trinajstić information content (AvgIpc) is 2.41. The lowest BCUT2D eigenvalue weighted by Crippen LogP contribution is -2.51. The second kappa shape index (κ2) is 7.44. The van der Waals surface area contributed by atoms with Crippen LogP contribution >= 0.6 is 0 Å². The van der Waals surface area contributed by atoms with Gasteiger partial charge in [-0.1, -0.05) is 0 Å². The lowest BCUT2D eigenvalue weighted by atomic mass is 10.2. The third kappa shape index (κ3) is 6.20. The molecule has 1 aliphatic rings. The standard InChI is InChI=1S/C11H18F3N3O3/c1-8(10(19)17-2-4-20-5-3-17)15-6-9(18)16-7-11(12,13)14/h8,15H,2-7H2,1H3,(H,16,18). The van der Waals surface area contributed by atoms with Crippen molar-refractivity contribution < 1.29 is 27.5 Å². The van der Waals surface area contributed by atoms with E-state index in [4.69, 9.17) is 4.74 Å². The molecule has 1 saturated heterocycles. The van der Waals surface area contributed by atoms with Crippen molar-refractivity contribution in [3.63, 3.8) is 0 Å². The summed E-state index contributed by atoms with van der Waals surface area (Å²) in [5, 5.41) is 4.33. The Bertz CT molecular complexity index is 344. The second-order valence-electron chi connectivity index (χ2n) is 4.43. The van der Waals surface area contributed by atoms with Crippen LogP contribution in [0.4, 0.5) is 13.2 Å². The van der Waals surface area contributed by atoms with Crippen molar-refractivity contribution in [2.75, 3.05) is 39.4 Å². The zero-order valence-electron chi connectivity index (χ0n) is 11.1. The molecule has 6 nitrogen and oxygen atoms in total. The van der Waals surface area contributed by atoms with Crippen molar-refractivity contribution in [3.05, 3.63) is 0 Å². The van der Waals surface area contributed by atoms with Gasteiger partial charge in [0.05, 0.1) is 25.8 Å². The zero-order valence-corrected chi connectivity index (χ0v) is 11.1. The van der Waals surface area contributed by atoms with Crippen molar-refractivity contribution in [3.8, 4) is 0 Å². The molecule has 0 aromatic rings. The Kier molecular flexibility index (Phi) is 6.21. The Morgan fingerprint density at radius 2 is 1.90 bits per heavy atom. The number of carbonyl (C=O) groups is 2. The number of rotatable bonds is 5. The Morgan fingerprint density at radius 1 is 1.30 bits per heavy atom. The van der Waals surface area contributed by atoms with Crippen molar-refractivity contribution in [1.29, 1.82) is 0 Å². The Hall–Kier alpha value is -1.35. The van der Waals surface area contributed by atoms with Gasteiger partial charge in [0.2, 0.25) is 11.8 Å². The Labute approximate surface area is 114 Å². The molecule has 2 amide bonds. The maximum absolute atomic E-state index is 11.9. The van der Waals surface area contributed by atoms with Gasteiger partial charge in [0, 0.05) is 13.1 Å². The highest BCUT2D eigenvalue weighted by Crippen LogP contribution is 2.11. The highest BCUT2D eigenvalue weighted by Gasteiger charge is 2.28. The maximum atomic E-state index is 11.9. The summed E-state index contributed by atoms with van der Waals surface area (Å²) in [5.74, 6) is -0.999. The number of hydrogen-bond donors (Lipinski definition) is 2. The molecule has 2 N–H and O–H groups in total. The van der Waals surface area contributed by atoms with Crippen LogP contribution in [0.5, 0.6) is 0 Å². The lowest BCUT2D eigenvalue weighted by molar-refractivity contribution is -0.139. The smallest absolute Gasteiger partial charge is 0.378 e. The minimum atomic E-state index is -4.44. The van der Waals surface area contributed by atoms with E-state index < -0.39 is 24.7 Å². The minimum Gasteiger partial charge on any atom is -0.378 e. The Balaban J connectivity index is 2.26. The van der Waals surface area contributed by atoms with Crippen LogP contribution in [-0.2, 0) is 14.3 Å². The average molecular weight is 297 g/mol. The summed E-state index contributed by atoms with van der Waals surface area (Å²) in [6, 6.07) is -0.635. The molecule has 0 radical (unpaired) electrons. The fraction of sp³-hybridized carbons (Fsp3) is 0.818. The molecule has 1 heterocycles. The second-order valence-corrected chi connectivity index (χ2v) is 4.43. The number of morpholine rings is 1. The number of amides is 2. The molecule has 1 aliphatic heterocycles. The molecule has 0 spiro atoms. The first-order valence-corrected chi connectivity index (χ1v) is 6.23. The van der Waals surface area contributed by atoms with Crippen LogP contribution < -0.4 is 10.6 Å². The Morgan fingerprint density at radius 3 is 2.45 bits per heavy atom. The van der Waals surface area contributed by atoms with Crippen LogP contribution in [0.2, 0.25) is 0 Å². The number of alkyl halides is 3. The maximum Gasteiger partial charge on any atom is 0.405 e. The summed E-state index contributed by atoms with van der Waals surface area (Å²) in [5.41, 5.74) is 0. The fourth-order valence-electron chi connectivity index (χ4n) is 1.65. The number of nitrogens with one attached hydrogen (secondary N) is 2. The highest BCUT2D eigenvalue weighted by atomic mass is 19.4. The number of nitrogens with zero attached hydrogens (tertiary/aromatic N) is 1. The van der Waals surface area contributed by atoms with Gasteiger partial charge in [-0.3, -0.25) is 14.9 Å². The first-order valence-electron chi connectivity index (χ1n) is 6.23. The first-order chi connectivity index (χ1) is 9.29. The number of carbonyl (C=O) groups excluding carboxylic acids is 2. The molecule has 0 aromatic heterocycles. The third-order valence-electron chi connectivity index (χ3n) is 2.75. The van der Waals surface area contributed by atoms with Crippen LogP contribution in [0.15, 0.2) is 0 Å². The number of halogens is 3. The SMILES string of the molecule is CC(NCC(=O)NCC(F)(F)F)C(=O)N1CCOCC1. The first kappa shape index (κ1) is 16.7. The van der Waals surface area contributed by atoms with Crippen molar-refractivity contribution >= 4 is 11.8 Å². The van der Waals surface area contributed by atoms with Crippen molar-refractivity contribution in [2.45, 2.75) is 19.1 Å². The largest absolute Gasteiger partial charge is 0.405 e. The van der Waals surface area contributed by atoms with E-state index in [1.165, 1.54) is 0 Å². The van der Waals surface area contributed by atoms with Gasteiger partial charge < -0.3 is 15.0 Å². The van der Waals surface area contributed by atoms with Crippen molar-refractivity contribution in [2.24, 2.45) is 0 Å². The minimum absolute atomic E-state index is 0.197. The molecule has 0 saturated carbocycles. The number of hydrogen-bond acceptors (Lipinski definition) is 4. The molecular formula is C11H18F3N3O3. The summed E-state index contributed by atoms with van der Waals surface area (Å²) in [6.07, 6.45) is -4.44. The topological polar surface area (TPSA) is 70.7 Å². The molecule has 1 fully saturated rings. The van der Waals surface area contributed by atoms with Gasteiger partial charge >= 0.3 is 6.18 Å². The number of ether oxygens (including phenoxy) is 1. The van der Waals surface area contributed by atoms with E-state index >= 15 is 0 Å². The third-order valence-corrected chi connectivity index (χ3v) is 2.75. The summed E-state index contributed by atoms with van der Waals surface area (Å²) >= 11 is 0.